The largest absolute Gasteiger partial charge is 0.373 e. The molecule has 1 unspecified atom stereocenters. The van der Waals surface area contributed by atoms with Gasteiger partial charge in [0.05, 0.1) is 0 Å². The maximum Gasteiger partial charge on any atom is 0.294 e. The summed E-state index contributed by atoms with van der Waals surface area (Å²) in [4.78, 5) is -2.01. The Kier molecular flexibility index (Phi) is 3.05. The molecule has 2 N–H and O–H groups in total. The highest BCUT2D eigenvalue weighted by Crippen LogP contribution is 2.21. The van der Waals surface area contributed by atoms with Crippen LogP contribution in [0.3, 0.4) is 0 Å². The third kappa shape index (κ3) is 3.18. The molecule has 0 aliphatic heterocycles. The van der Waals surface area contributed by atoms with Crippen LogP contribution in [0, 0.1) is 5.92 Å². The summed E-state index contributed by atoms with van der Waals surface area (Å²) < 4.78 is 29.5. The average Bonchev–Trinajstić information content (AvgIpc) is 1.56. The Bertz CT molecular complexity index is 215. The molecule has 0 saturated heterocycles. The zero-order valence-corrected chi connectivity index (χ0v) is 7.72. The summed E-state index contributed by atoms with van der Waals surface area (Å²) in [5, 5.41) is 9.18. The zero-order valence-electron chi connectivity index (χ0n) is 6.90. The van der Waals surface area contributed by atoms with Gasteiger partial charge in [-0.05, 0) is 19.3 Å². The first-order chi connectivity index (χ1) is 4.67. The van der Waals surface area contributed by atoms with Crippen molar-refractivity contribution >= 4 is 10.1 Å². The lowest BCUT2D eigenvalue weighted by molar-refractivity contribution is 0.109. The summed E-state index contributed by atoms with van der Waals surface area (Å²) in [7, 11) is -4.34. The van der Waals surface area contributed by atoms with Crippen LogP contribution in [0.1, 0.15) is 27.2 Å². The predicted molar refractivity (Wildman–Crippen MR) is 41.6 cm³/mol. The molecule has 0 bridgehead atoms. The van der Waals surface area contributed by atoms with E-state index in [-0.39, 0.29) is 12.3 Å². The normalized spacial score (nSPS) is 18.4. The van der Waals surface area contributed by atoms with Gasteiger partial charge in [-0.15, -0.1) is 0 Å². The Morgan fingerprint density at radius 3 is 1.91 bits per heavy atom. The second kappa shape index (κ2) is 3.08. The fourth-order valence-corrected chi connectivity index (χ4v) is 1.41. The van der Waals surface area contributed by atoms with Crippen molar-refractivity contribution in [3.05, 3.63) is 0 Å². The van der Waals surface area contributed by atoms with Crippen molar-refractivity contribution < 1.29 is 18.1 Å². The quantitative estimate of drug-likeness (QED) is 0.628. The number of aliphatic hydroxyl groups is 1. The van der Waals surface area contributed by atoms with Gasteiger partial charge in [0.15, 0.2) is 4.93 Å². The van der Waals surface area contributed by atoms with Gasteiger partial charge in [-0.1, -0.05) is 13.8 Å². The van der Waals surface area contributed by atoms with Gasteiger partial charge in [0.1, 0.15) is 0 Å². The minimum Gasteiger partial charge on any atom is -0.373 e. The molecule has 4 nitrogen and oxygen atoms in total. The minimum atomic E-state index is -4.34. The van der Waals surface area contributed by atoms with Crippen LogP contribution >= 0.6 is 0 Å². The highest BCUT2D eigenvalue weighted by molar-refractivity contribution is 7.87. The highest BCUT2D eigenvalue weighted by Gasteiger charge is 2.35. The third-order valence-electron chi connectivity index (χ3n) is 1.34. The molecule has 0 spiro atoms. The van der Waals surface area contributed by atoms with Crippen LogP contribution in [-0.2, 0) is 10.1 Å². The van der Waals surface area contributed by atoms with Gasteiger partial charge < -0.3 is 5.11 Å². The first kappa shape index (κ1) is 10.9. The third-order valence-corrected chi connectivity index (χ3v) is 2.62. The number of hydrogen-bond acceptors (Lipinski definition) is 3. The number of rotatable bonds is 3. The van der Waals surface area contributed by atoms with E-state index < -0.39 is 15.1 Å². The van der Waals surface area contributed by atoms with Gasteiger partial charge in [-0.25, -0.2) is 0 Å². The molecule has 5 heteroatoms. The van der Waals surface area contributed by atoms with Gasteiger partial charge >= 0.3 is 0 Å². The first-order valence-corrected chi connectivity index (χ1v) is 4.80. The highest BCUT2D eigenvalue weighted by atomic mass is 32.2. The van der Waals surface area contributed by atoms with Gasteiger partial charge in [0.2, 0.25) is 0 Å². The maximum absolute atomic E-state index is 10.5. The second-order valence-electron chi connectivity index (χ2n) is 3.25. The van der Waals surface area contributed by atoms with Crippen LogP contribution in [0.2, 0.25) is 0 Å². The van der Waals surface area contributed by atoms with Crippen molar-refractivity contribution in [3.63, 3.8) is 0 Å². The molecule has 0 aromatic heterocycles. The fraction of sp³-hybridized carbons (Fsp3) is 1.00. The van der Waals surface area contributed by atoms with Crippen molar-refractivity contribution in [1.29, 1.82) is 0 Å². The van der Waals surface area contributed by atoms with E-state index in [4.69, 9.17) is 4.55 Å². The fourth-order valence-electron chi connectivity index (χ4n) is 0.863. The van der Waals surface area contributed by atoms with E-state index in [2.05, 4.69) is 0 Å². The molecular weight excluding hydrogens is 168 g/mol. The number of hydrogen-bond donors (Lipinski definition) is 2. The lowest BCUT2D eigenvalue weighted by Gasteiger charge is -2.21. The Balaban J connectivity index is 4.49. The Hall–Kier alpha value is -0.130. The van der Waals surface area contributed by atoms with Crippen LogP contribution in [0.4, 0.5) is 0 Å². The van der Waals surface area contributed by atoms with Crippen molar-refractivity contribution in [1.82, 2.24) is 0 Å². The lowest BCUT2D eigenvalue weighted by Crippen LogP contribution is -2.35. The molecule has 0 radical (unpaired) electrons. The molecule has 0 fully saturated rings. The van der Waals surface area contributed by atoms with Crippen molar-refractivity contribution in [2.45, 2.75) is 32.1 Å². The van der Waals surface area contributed by atoms with Crippen LogP contribution in [0.25, 0.3) is 0 Å². The predicted octanol–water partition coefficient (Wildman–Crippen LogP) is 0.629. The monoisotopic (exact) mass is 182 g/mol. The van der Waals surface area contributed by atoms with E-state index in [0.29, 0.717) is 0 Å². The summed E-state index contributed by atoms with van der Waals surface area (Å²) in [5.74, 6) is 0.0203. The molecule has 0 aliphatic rings. The maximum atomic E-state index is 10.5. The molecule has 0 rings (SSSR count). The zero-order chi connectivity index (χ0) is 9.28. The van der Waals surface area contributed by atoms with Gasteiger partial charge in [-0.3, -0.25) is 4.55 Å². The summed E-state index contributed by atoms with van der Waals surface area (Å²) in [6.45, 7) is 4.61. The van der Waals surface area contributed by atoms with E-state index in [9.17, 15) is 13.5 Å². The van der Waals surface area contributed by atoms with Crippen molar-refractivity contribution in [2.24, 2.45) is 5.92 Å². The van der Waals surface area contributed by atoms with Gasteiger partial charge in [0.25, 0.3) is 10.1 Å². The summed E-state index contributed by atoms with van der Waals surface area (Å²) in [5.41, 5.74) is 0. The molecule has 68 valence electrons. The Labute approximate surface area is 67.0 Å². The van der Waals surface area contributed by atoms with Crippen LogP contribution in [0.15, 0.2) is 0 Å². The molecular formula is C6H14O4S. The molecule has 0 aromatic carbocycles. The van der Waals surface area contributed by atoms with Crippen LogP contribution in [0.5, 0.6) is 0 Å². The summed E-state index contributed by atoms with van der Waals surface area (Å²) in [6.07, 6.45) is 0.0336. The SMILES string of the molecule is CC(C)CC(C)(O)S(=O)(=O)O. The minimum absolute atomic E-state index is 0.0203. The first-order valence-electron chi connectivity index (χ1n) is 3.36. The van der Waals surface area contributed by atoms with E-state index in [0.717, 1.165) is 6.92 Å². The standard InChI is InChI=1S/C6H14O4S/c1-5(2)4-6(3,7)11(8,9)10/h5,7H,4H2,1-3H3,(H,8,9,10). The molecule has 0 aromatic rings. The van der Waals surface area contributed by atoms with Crippen molar-refractivity contribution in [3.8, 4) is 0 Å². The topological polar surface area (TPSA) is 74.6 Å². The smallest absolute Gasteiger partial charge is 0.294 e. The van der Waals surface area contributed by atoms with E-state index >= 15 is 0 Å². The van der Waals surface area contributed by atoms with Crippen molar-refractivity contribution in [2.75, 3.05) is 0 Å². The lowest BCUT2D eigenvalue weighted by atomic mass is 10.1. The van der Waals surface area contributed by atoms with E-state index in [1.54, 1.807) is 13.8 Å². The van der Waals surface area contributed by atoms with E-state index in [1.165, 1.54) is 0 Å². The Morgan fingerprint density at radius 1 is 1.45 bits per heavy atom. The molecule has 0 amide bonds. The molecule has 0 saturated carbocycles. The molecule has 0 aliphatic carbocycles. The second-order valence-corrected chi connectivity index (χ2v) is 5.08. The van der Waals surface area contributed by atoms with Gasteiger partial charge in [0, 0.05) is 0 Å². The van der Waals surface area contributed by atoms with Gasteiger partial charge in [-0.2, -0.15) is 8.42 Å². The van der Waals surface area contributed by atoms with Crippen LogP contribution in [-0.4, -0.2) is 23.0 Å². The Morgan fingerprint density at radius 2 is 1.82 bits per heavy atom. The average molecular weight is 182 g/mol. The molecule has 0 heterocycles. The summed E-state index contributed by atoms with van der Waals surface area (Å²) in [6, 6.07) is 0. The molecule has 1 atom stereocenters. The van der Waals surface area contributed by atoms with E-state index in [1.807, 2.05) is 0 Å². The summed E-state index contributed by atoms with van der Waals surface area (Å²) >= 11 is 0. The van der Waals surface area contributed by atoms with Crippen LogP contribution < -0.4 is 0 Å². The molecule has 11 heavy (non-hydrogen) atoms.